The first-order valence-corrected chi connectivity index (χ1v) is 4.77. The number of hydrogen-bond donors (Lipinski definition) is 1. The molecule has 1 aliphatic rings. The molecule has 1 unspecified atom stereocenters. The standard InChI is InChI=1S/C12H14O/c13-9-11-7-3-4-8-12(11)10-5-1-2-6-10/h1,3-5,7-8,10,13H,2,6,9H2. The van der Waals surface area contributed by atoms with E-state index in [4.69, 9.17) is 5.11 Å². The molecule has 0 spiro atoms. The fourth-order valence-corrected chi connectivity index (χ4v) is 1.93. The van der Waals surface area contributed by atoms with Crippen molar-refractivity contribution in [2.45, 2.75) is 25.4 Å². The van der Waals surface area contributed by atoms with E-state index in [1.165, 1.54) is 18.4 Å². The van der Waals surface area contributed by atoms with Crippen molar-refractivity contribution in [3.05, 3.63) is 47.5 Å². The fourth-order valence-electron chi connectivity index (χ4n) is 1.93. The lowest BCUT2D eigenvalue weighted by Crippen LogP contribution is -1.97. The van der Waals surface area contributed by atoms with Gasteiger partial charge in [0, 0.05) is 5.92 Å². The summed E-state index contributed by atoms with van der Waals surface area (Å²) in [6.07, 6.45) is 6.83. The first kappa shape index (κ1) is 8.52. The Kier molecular flexibility index (Phi) is 2.46. The van der Waals surface area contributed by atoms with Crippen molar-refractivity contribution in [2.24, 2.45) is 0 Å². The molecule has 0 bridgehead atoms. The van der Waals surface area contributed by atoms with E-state index in [2.05, 4.69) is 18.2 Å². The van der Waals surface area contributed by atoms with Crippen LogP contribution < -0.4 is 0 Å². The number of rotatable bonds is 2. The van der Waals surface area contributed by atoms with Crippen LogP contribution in [-0.2, 0) is 6.61 Å². The summed E-state index contributed by atoms with van der Waals surface area (Å²) in [5, 5.41) is 9.15. The molecular formula is C12H14O. The lowest BCUT2D eigenvalue weighted by Gasteiger charge is -2.12. The van der Waals surface area contributed by atoms with Crippen LogP contribution in [0.25, 0.3) is 0 Å². The van der Waals surface area contributed by atoms with Gasteiger partial charge in [-0.25, -0.2) is 0 Å². The summed E-state index contributed by atoms with van der Waals surface area (Å²) < 4.78 is 0. The maximum absolute atomic E-state index is 9.15. The number of hydrogen-bond acceptors (Lipinski definition) is 1. The van der Waals surface area contributed by atoms with E-state index in [-0.39, 0.29) is 6.61 Å². The highest BCUT2D eigenvalue weighted by atomic mass is 16.3. The summed E-state index contributed by atoms with van der Waals surface area (Å²) in [5.74, 6) is 0.531. The third kappa shape index (κ3) is 1.65. The SMILES string of the molecule is OCc1ccccc1C1C=CCC1. The molecule has 0 saturated carbocycles. The Morgan fingerprint density at radius 2 is 2.15 bits per heavy atom. The van der Waals surface area contributed by atoms with Gasteiger partial charge >= 0.3 is 0 Å². The smallest absolute Gasteiger partial charge is 0.0684 e. The van der Waals surface area contributed by atoms with E-state index in [9.17, 15) is 0 Å². The molecule has 13 heavy (non-hydrogen) atoms. The topological polar surface area (TPSA) is 20.2 Å². The molecule has 0 radical (unpaired) electrons. The van der Waals surface area contributed by atoms with Crippen LogP contribution in [0.2, 0.25) is 0 Å². The molecule has 0 heterocycles. The lowest BCUT2D eigenvalue weighted by atomic mass is 9.94. The zero-order valence-corrected chi connectivity index (χ0v) is 7.61. The highest BCUT2D eigenvalue weighted by Gasteiger charge is 2.13. The second-order valence-electron chi connectivity index (χ2n) is 3.47. The fraction of sp³-hybridized carbons (Fsp3) is 0.333. The molecule has 1 atom stereocenters. The Bertz CT molecular complexity index is 315. The maximum atomic E-state index is 9.15. The van der Waals surface area contributed by atoms with Crippen LogP contribution in [0.15, 0.2) is 36.4 Å². The van der Waals surface area contributed by atoms with Crippen molar-refractivity contribution in [2.75, 3.05) is 0 Å². The summed E-state index contributed by atoms with van der Waals surface area (Å²) in [4.78, 5) is 0. The molecule has 0 fully saturated rings. The highest BCUT2D eigenvalue weighted by Crippen LogP contribution is 2.30. The monoisotopic (exact) mass is 174 g/mol. The van der Waals surface area contributed by atoms with E-state index in [0.717, 1.165) is 5.56 Å². The third-order valence-corrected chi connectivity index (χ3v) is 2.64. The number of aliphatic hydroxyl groups excluding tert-OH is 1. The highest BCUT2D eigenvalue weighted by molar-refractivity contribution is 5.33. The lowest BCUT2D eigenvalue weighted by molar-refractivity contribution is 0.280. The molecule has 0 aromatic heterocycles. The van der Waals surface area contributed by atoms with Gasteiger partial charge in [-0.1, -0.05) is 36.4 Å². The van der Waals surface area contributed by atoms with Crippen molar-refractivity contribution >= 4 is 0 Å². The van der Waals surface area contributed by atoms with Gasteiger partial charge in [0.15, 0.2) is 0 Å². The Morgan fingerprint density at radius 3 is 2.85 bits per heavy atom. The molecule has 1 aliphatic carbocycles. The maximum Gasteiger partial charge on any atom is 0.0684 e. The van der Waals surface area contributed by atoms with Gasteiger partial charge in [-0.3, -0.25) is 0 Å². The van der Waals surface area contributed by atoms with Gasteiger partial charge in [0.05, 0.1) is 6.61 Å². The summed E-state index contributed by atoms with van der Waals surface area (Å²) in [7, 11) is 0. The molecule has 0 saturated heterocycles. The Balaban J connectivity index is 2.32. The van der Waals surface area contributed by atoms with Crippen LogP contribution in [0.1, 0.15) is 29.9 Å². The number of aliphatic hydroxyl groups is 1. The predicted octanol–water partition coefficient (Wildman–Crippen LogP) is 2.61. The molecular weight excluding hydrogens is 160 g/mol. The third-order valence-electron chi connectivity index (χ3n) is 2.64. The molecule has 2 rings (SSSR count). The summed E-state index contributed by atoms with van der Waals surface area (Å²) in [6.45, 7) is 0.153. The zero-order chi connectivity index (χ0) is 9.10. The largest absolute Gasteiger partial charge is 0.392 e. The zero-order valence-electron chi connectivity index (χ0n) is 7.61. The van der Waals surface area contributed by atoms with E-state index in [0.29, 0.717) is 5.92 Å². The predicted molar refractivity (Wildman–Crippen MR) is 53.5 cm³/mol. The number of benzene rings is 1. The van der Waals surface area contributed by atoms with E-state index in [1.54, 1.807) is 0 Å². The Labute approximate surface area is 78.7 Å². The van der Waals surface area contributed by atoms with E-state index < -0.39 is 0 Å². The quantitative estimate of drug-likeness (QED) is 0.683. The van der Waals surface area contributed by atoms with Crippen LogP contribution in [0.3, 0.4) is 0 Å². The minimum atomic E-state index is 0.153. The molecule has 1 nitrogen and oxygen atoms in total. The second-order valence-corrected chi connectivity index (χ2v) is 3.47. The summed E-state index contributed by atoms with van der Waals surface area (Å²) >= 11 is 0. The van der Waals surface area contributed by atoms with Gasteiger partial charge in [-0.05, 0) is 24.0 Å². The molecule has 1 aromatic rings. The van der Waals surface area contributed by atoms with Gasteiger partial charge in [-0.15, -0.1) is 0 Å². The van der Waals surface area contributed by atoms with Crippen LogP contribution in [0.5, 0.6) is 0 Å². The molecule has 1 heteroatoms. The van der Waals surface area contributed by atoms with Gasteiger partial charge in [-0.2, -0.15) is 0 Å². The van der Waals surface area contributed by atoms with Gasteiger partial charge in [0.25, 0.3) is 0 Å². The van der Waals surface area contributed by atoms with Gasteiger partial charge < -0.3 is 5.11 Å². The van der Waals surface area contributed by atoms with Crippen LogP contribution in [0.4, 0.5) is 0 Å². The molecule has 0 aliphatic heterocycles. The Hall–Kier alpha value is -1.08. The summed E-state index contributed by atoms with van der Waals surface area (Å²) in [6, 6.07) is 8.14. The van der Waals surface area contributed by atoms with Crippen LogP contribution in [-0.4, -0.2) is 5.11 Å². The minimum absolute atomic E-state index is 0.153. The van der Waals surface area contributed by atoms with Crippen molar-refractivity contribution < 1.29 is 5.11 Å². The minimum Gasteiger partial charge on any atom is -0.392 e. The summed E-state index contributed by atoms with van der Waals surface area (Å²) in [5.41, 5.74) is 2.36. The van der Waals surface area contributed by atoms with E-state index >= 15 is 0 Å². The van der Waals surface area contributed by atoms with Crippen molar-refractivity contribution in [3.8, 4) is 0 Å². The van der Waals surface area contributed by atoms with E-state index in [1.807, 2.05) is 18.2 Å². The van der Waals surface area contributed by atoms with Crippen molar-refractivity contribution in [1.82, 2.24) is 0 Å². The van der Waals surface area contributed by atoms with Gasteiger partial charge in [0.2, 0.25) is 0 Å². The van der Waals surface area contributed by atoms with Crippen LogP contribution >= 0.6 is 0 Å². The van der Waals surface area contributed by atoms with Crippen LogP contribution in [0, 0.1) is 0 Å². The average Bonchev–Trinajstić information content (AvgIpc) is 2.70. The molecule has 1 aromatic carbocycles. The first-order chi connectivity index (χ1) is 6.42. The number of allylic oxidation sites excluding steroid dienone is 2. The average molecular weight is 174 g/mol. The van der Waals surface area contributed by atoms with Crippen molar-refractivity contribution in [3.63, 3.8) is 0 Å². The Morgan fingerprint density at radius 1 is 1.31 bits per heavy atom. The second kappa shape index (κ2) is 3.75. The molecule has 0 amide bonds. The normalized spacial score (nSPS) is 20.8. The first-order valence-electron chi connectivity index (χ1n) is 4.77. The van der Waals surface area contributed by atoms with Gasteiger partial charge in [0.1, 0.15) is 0 Å². The molecule has 68 valence electrons. The molecule has 1 N–H and O–H groups in total. The van der Waals surface area contributed by atoms with Crippen molar-refractivity contribution in [1.29, 1.82) is 0 Å².